The van der Waals surface area contributed by atoms with Gasteiger partial charge in [-0.15, -0.1) is 0 Å². The first-order valence-corrected chi connectivity index (χ1v) is 12.1. The van der Waals surface area contributed by atoms with E-state index in [-0.39, 0.29) is 24.3 Å². The molecule has 0 bridgehead atoms. The van der Waals surface area contributed by atoms with E-state index in [1.807, 2.05) is 45.0 Å². The molecule has 0 N–H and O–H groups in total. The van der Waals surface area contributed by atoms with Gasteiger partial charge in [0.25, 0.3) is 11.1 Å². The van der Waals surface area contributed by atoms with Gasteiger partial charge in [0.05, 0.1) is 22.5 Å². The number of carbonyl (C=O) groups is 2. The number of ether oxygens (including phenoxy) is 3. The number of halogens is 1. The molecule has 6 nitrogen and oxygen atoms in total. The Kier molecular flexibility index (Phi) is 8.63. The number of hydrogen-bond acceptors (Lipinski definition) is 6. The molecule has 0 radical (unpaired) electrons. The molecule has 0 aliphatic carbocycles. The zero-order chi connectivity index (χ0) is 24.0. The summed E-state index contributed by atoms with van der Waals surface area (Å²) in [4.78, 5) is 26.9. The van der Waals surface area contributed by atoms with E-state index >= 15 is 0 Å². The number of amides is 2. The molecule has 1 fully saturated rings. The van der Waals surface area contributed by atoms with Crippen molar-refractivity contribution in [2.75, 3.05) is 26.4 Å². The Morgan fingerprint density at radius 1 is 1.09 bits per heavy atom. The molecule has 1 aliphatic rings. The van der Waals surface area contributed by atoms with Crippen LogP contribution in [0.2, 0.25) is 0 Å². The summed E-state index contributed by atoms with van der Waals surface area (Å²) in [7, 11) is 0. The monoisotopic (exact) mass is 531 g/mol. The van der Waals surface area contributed by atoms with Gasteiger partial charge in [-0.1, -0.05) is 24.8 Å². The second kappa shape index (κ2) is 11.4. The molecular weight excluding hydrogens is 506 g/mol. The van der Waals surface area contributed by atoms with Gasteiger partial charge < -0.3 is 14.2 Å². The van der Waals surface area contributed by atoms with Crippen LogP contribution in [0.3, 0.4) is 0 Å². The lowest BCUT2D eigenvalue weighted by molar-refractivity contribution is -0.123. The lowest BCUT2D eigenvalue weighted by Gasteiger charge is -2.15. The summed E-state index contributed by atoms with van der Waals surface area (Å²) in [5, 5.41) is -0.314. The molecule has 33 heavy (non-hydrogen) atoms. The first-order chi connectivity index (χ1) is 15.8. The van der Waals surface area contributed by atoms with Crippen molar-refractivity contribution in [1.82, 2.24) is 4.90 Å². The van der Waals surface area contributed by atoms with Crippen LogP contribution in [0.1, 0.15) is 23.6 Å². The summed E-state index contributed by atoms with van der Waals surface area (Å²) < 4.78 is 17.9. The predicted molar refractivity (Wildman–Crippen MR) is 135 cm³/mol. The van der Waals surface area contributed by atoms with Crippen molar-refractivity contribution in [3.05, 3.63) is 69.1 Å². The van der Waals surface area contributed by atoms with Gasteiger partial charge >= 0.3 is 0 Å². The van der Waals surface area contributed by atoms with Crippen molar-refractivity contribution >= 4 is 44.9 Å². The largest absolute Gasteiger partial charge is 0.491 e. The second-order valence-corrected chi connectivity index (χ2v) is 9.16. The molecule has 1 aliphatic heterocycles. The molecule has 0 atom stereocenters. The highest BCUT2D eigenvalue weighted by molar-refractivity contribution is 9.10. The lowest BCUT2D eigenvalue weighted by atomic mass is 10.1. The van der Waals surface area contributed by atoms with Crippen LogP contribution in [0.15, 0.2) is 52.4 Å². The fourth-order valence-electron chi connectivity index (χ4n) is 3.17. The minimum Gasteiger partial charge on any atom is -0.491 e. The zero-order valence-corrected chi connectivity index (χ0v) is 21.3. The van der Waals surface area contributed by atoms with Gasteiger partial charge in [0.1, 0.15) is 19.0 Å². The summed E-state index contributed by atoms with van der Waals surface area (Å²) in [6.45, 7) is 10.7. The van der Waals surface area contributed by atoms with Crippen LogP contribution in [0.4, 0.5) is 4.79 Å². The first kappa shape index (κ1) is 24.9. The highest BCUT2D eigenvalue weighted by Gasteiger charge is 2.35. The standard InChI is InChI=1S/C25H26BrNO5S/c1-5-10-32-23-19(26)13-18(14-21(23)30-6-2)15-22-24(28)27(25(29)33-22)9-11-31-20-12-16(3)7-8-17(20)4/h5,7-8,12-15H,1,6,9-11H2,2-4H3/b22-15-. The average molecular weight is 532 g/mol. The Labute approximate surface area is 206 Å². The van der Waals surface area contributed by atoms with E-state index in [4.69, 9.17) is 14.2 Å². The van der Waals surface area contributed by atoms with Crippen molar-refractivity contribution in [2.24, 2.45) is 0 Å². The van der Waals surface area contributed by atoms with Crippen LogP contribution >= 0.6 is 27.7 Å². The summed E-state index contributed by atoms with van der Waals surface area (Å²) in [5.74, 6) is 1.52. The first-order valence-electron chi connectivity index (χ1n) is 10.5. The zero-order valence-electron chi connectivity index (χ0n) is 18.9. The summed E-state index contributed by atoms with van der Waals surface area (Å²) in [6, 6.07) is 9.54. The van der Waals surface area contributed by atoms with Crippen LogP contribution in [0.25, 0.3) is 6.08 Å². The van der Waals surface area contributed by atoms with Gasteiger partial charge in [-0.3, -0.25) is 14.5 Å². The highest BCUT2D eigenvalue weighted by Crippen LogP contribution is 2.39. The number of rotatable bonds is 10. The van der Waals surface area contributed by atoms with Crippen molar-refractivity contribution in [1.29, 1.82) is 0 Å². The lowest BCUT2D eigenvalue weighted by Crippen LogP contribution is -2.32. The SMILES string of the molecule is C=CCOc1c(Br)cc(/C=C2\SC(=O)N(CCOc3cc(C)ccc3C)C2=O)cc1OCC. The molecule has 0 aromatic heterocycles. The number of imide groups is 1. The summed E-state index contributed by atoms with van der Waals surface area (Å²) in [6.07, 6.45) is 3.33. The molecule has 0 unspecified atom stereocenters. The van der Waals surface area contributed by atoms with Gasteiger partial charge in [0.15, 0.2) is 11.5 Å². The molecule has 0 spiro atoms. The molecular formula is C25H26BrNO5S. The van der Waals surface area contributed by atoms with Gasteiger partial charge in [0.2, 0.25) is 0 Å². The minimum absolute atomic E-state index is 0.178. The highest BCUT2D eigenvalue weighted by atomic mass is 79.9. The molecule has 2 aromatic carbocycles. The number of aryl methyl sites for hydroxylation is 2. The van der Waals surface area contributed by atoms with Crippen molar-refractivity contribution in [3.8, 4) is 17.2 Å². The van der Waals surface area contributed by atoms with Crippen LogP contribution < -0.4 is 14.2 Å². The Hall–Kier alpha value is -2.71. The minimum atomic E-state index is -0.337. The van der Waals surface area contributed by atoms with E-state index < -0.39 is 0 Å². The van der Waals surface area contributed by atoms with Crippen molar-refractivity contribution in [2.45, 2.75) is 20.8 Å². The predicted octanol–water partition coefficient (Wildman–Crippen LogP) is 6.14. The third-order valence-corrected chi connectivity index (χ3v) is 6.26. The maximum atomic E-state index is 12.9. The number of hydrogen-bond donors (Lipinski definition) is 0. The topological polar surface area (TPSA) is 65.1 Å². The number of thioether (sulfide) groups is 1. The van der Waals surface area contributed by atoms with Crippen LogP contribution in [0.5, 0.6) is 17.2 Å². The molecule has 174 valence electrons. The van der Waals surface area contributed by atoms with Crippen LogP contribution in [-0.2, 0) is 4.79 Å². The van der Waals surface area contributed by atoms with Crippen molar-refractivity contribution in [3.63, 3.8) is 0 Å². The van der Waals surface area contributed by atoms with Gasteiger partial charge in [-0.05, 0) is 89.4 Å². The number of carbonyl (C=O) groups excluding carboxylic acids is 2. The van der Waals surface area contributed by atoms with Crippen LogP contribution in [0, 0.1) is 13.8 Å². The Bertz CT molecular complexity index is 1100. The van der Waals surface area contributed by atoms with Gasteiger partial charge in [-0.25, -0.2) is 0 Å². The third kappa shape index (κ3) is 6.21. The van der Waals surface area contributed by atoms with E-state index in [0.717, 1.165) is 28.6 Å². The van der Waals surface area contributed by atoms with E-state index in [0.29, 0.717) is 39.7 Å². The molecule has 1 saturated heterocycles. The van der Waals surface area contributed by atoms with E-state index in [1.54, 1.807) is 18.2 Å². The van der Waals surface area contributed by atoms with E-state index in [2.05, 4.69) is 22.5 Å². The van der Waals surface area contributed by atoms with Gasteiger partial charge in [0, 0.05) is 0 Å². The molecule has 0 saturated carbocycles. The molecule has 3 rings (SSSR count). The van der Waals surface area contributed by atoms with Gasteiger partial charge in [-0.2, -0.15) is 0 Å². The molecule has 2 aromatic rings. The summed E-state index contributed by atoms with van der Waals surface area (Å²) >= 11 is 4.41. The normalized spacial score (nSPS) is 14.7. The maximum absolute atomic E-state index is 12.9. The third-order valence-electron chi connectivity index (χ3n) is 4.76. The fraction of sp³-hybridized carbons (Fsp3) is 0.280. The maximum Gasteiger partial charge on any atom is 0.293 e. The molecule has 2 amide bonds. The summed E-state index contributed by atoms with van der Waals surface area (Å²) in [5.41, 5.74) is 2.81. The molecule has 1 heterocycles. The smallest absolute Gasteiger partial charge is 0.293 e. The number of nitrogens with zero attached hydrogens (tertiary/aromatic N) is 1. The van der Waals surface area contributed by atoms with E-state index in [1.165, 1.54) is 4.90 Å². The quantitative estimate of drug-likeness (QED) is 0.270. The Morgan fingerprint density at radius 2 is 1.88 bits per heavy atom. The Balaban J connectivity index is 1.73. The average Bonchev–Trinajstić information content (AvgIpc) is 3.03. The van der Waals surface area contributed by atoms with Crippen LogP contribution in [-0.4, -0.2) is 42.4 Å². The van der Waals surface area contributed by atoms with E-state index in [9.17, 15) is 9.59 Å². The molecule has 8 heteroatoms. The number of benzene rings is 2. The van der Waals surface area contributed by atoms with Crippen molar-refractivity contribution < 1.29 is 23.8 Å². The second-order valence-electron chi connectivity index (χ2n) is 7.31. The fourth-order valence-corrected chi connectivity index (χ4v) is 4.61. The Morgan fingerprint density at radius 3 is 2.61 bits per heavy atom.